The van der Waals surface area contributed by atoms with Crippen LogP contribution in [-0.4, -0.2) is 40.9 Å². The van der Waals surface area contributed by atoms with Crippen LogP contribution in [0.25, 0.3) is 0 Å². The van der Waals surface area contributed by atoms with E-state index in [1.807, 2.05) is 26.0 Å². The first kappa shape index (κ1) is 16.6. The molecule has 0 amide bonds. The fourth-order valence-corrected chi connectivity index (χ4v) is 2.30. The van der Waals surface area contributed by atoms with Crippen LogP contribution in [-0.2, 0) is 10.0 Å². The van der Waals surface area contributed by atoms with Crippen molar-refractivity contribution in [3.8, 4) is 5.75 Å². The van der Waals surface area contributed by atoms with Crippen LogP contribution in [0.3, 0.4) is 0 Å². The van der Waals surface area contributed by atoms with Crippen molar-refractivity contribution in [1.82, 2.24) is 4.72 Å². The lowest BCUT2D eigenvalue weighted by molar-refractivity contribution is 0.342. The zero-order valence-electron chi connectivity index (χ0n) is 12.2. The molecule has 0 unspecified atom stereocenters. The quantitative estimate of drug-likeness (QED) is 0.701. The Morgan fingerprint density at radius 1 is 1.35 bits per heavy atom. The van der Waals surface area contributed by atoms with E-state index in [2.05, 4.69) is 9.62 Å². The van der Waals surface area contributed by atoms with Gasteiger partial charge in [-0.25, -0.2) is 13.1 Å². The van der Waals surface area contributed by atoms with Gasteiger partial charge in [0, 0.05) is 31.4 Å². The van der Waals surface area contributed by atoms with Gasteiger partial charge in [-0.05, 0) is 26.0 Å². The summed E-state index contributed by atoms with van der Waals surface area (Å²) >= 11 is 0. The van der Waals surface area contributed by atoms with Crippen LogP contribution in [0.1, 0.15) is 13.8 Å². The van der Waals surface area contributed by atoms with Crippen LogP contribution in [0.5, 0.6) is 5.75 Å². The molecule has 20 heavy (non-hydrogen) atoms. The van der Waals surface area contributed by atoms with Crippen LogP contribution >= 0.6 is 0 Å². The minimum Gasteiger partial charge on any atom is -0.492 e. The number of hydrogen-bond donors (Lipinski definition) is 2. The van der Waals surface area contributed by atoms with Crippen LogP contribution in [0.2, 0.25) is 0 Å². The Morgan fingerprint density at radius 3 is 2.60 bits per heavy atom. The zero-order valence-corrected chi connectivity index (χ0v) is 13.0. The smallest absolute Gasteiger partial charge is 0.208 e. The van der Waals surface area contributed by atoms with E-state index in [0.717, 1.165) is 18.5 Å². The molecule has 0 saturated carbocycles. The molecule has 1 aromatic rings. The summed E-state index contributed by atoms with van der Waals surface area (Å²) in [5.74, 6) is 0.652. The summed E-state index contributed by atoms with van der Waals surface area (Å²) in [4.78, 5) is 2.06. The highest BCUT2D eigenvalue weighted by atomic mass is 32.2. The third-order valence-electron chi connectivity index (χ3n) is 2.79. The number of nitrogens with two attached hydrogens (primary N) is 1. The number of nitrogen functional groups attached to an aromatic ring is 1. The lowest BCUT2D eigenvalue weighted by Crippen LogP contribution is -2.34. The summed E-state index contributed by atoms with van der Waals surface area (Å²) in [6, 6.07) is 5.58. The Balaban J connectivity index is 2.76. The van der Waals surface area contributed by atoms with Crippen molar-refractivity contribution in [3.63, 3.8) is 0 Å². The van der Waals surface area contributed by atoms with Gasteiger partial charge in [0.1, 0.15) is 5.75 Å². The second-order valence-corrected chi connectivity index (χ2v) is 6.23. The van der Waals surface area contributed by atoms with Crippen LogP contribution in [0.4, 0.5) is 11.4 Å². The number of sulfonamides is 1. The molecule has 3 N–H and O–H groups in total. The second-order valence-electron chi connectivity index (χ2n) is 4.40. The third-order valence-corrected chi connectivity index (χ3v) is 3.52. The molecular weight excluding hydrogens is 278 g/mol. The number of likely N-dealkylation sites (N-methyl/N-ethyl adjacent to an activating group) is 1. The Kier molecular flexibility index (Phi) is 6.09. The van der Waals surface area contributed by atoms with E-state index in [9.17, 15) is 8.42 Å². The standard InChI is InChI=1S/C13H23N3O3S/c1-4-16(9-8-15-20(3,17)18)11-6-7-12(14)13(10-11)19-5-2/h6-7,10,15H,4-5,8-9,14H2,1-3H3. The monoisotopic (exact) mass is 301 g/mol. The molecule has 0 aliphatic rings. The number of benzene rings is 1. The van der Waals surface area contributed by atoms with E-state index in [1.165, 1.54) is 0 Å². The van der Waals surface area contributed by atoms with E-state index >= 15 is 0 Å². The molecule has 1 aromatic carbocycles. The maximum Gasteiger partial charge on any atom is 0.208 e. The zero-order chi connectivity index (χ0) is 15.2. The number of anilines is 2. The van der Waals surface area contributed by atoms with E-state index in [1.54, 1.807) is 6.07 Å². The first-order valence-electron chi connectivity index (χ1n) is 6.59. The molecule has 0 heterocycles. The molecule has 0 bridgehead atoms. The number of nitrogens with one attached hydrogen (secondary N) is 1. The molecule has 0 aliphatic heterocycles. The Bertz CT molecular complexity index is 532. The Morgan fingerprint density at radius 2 is 2.05 bits per heavy atom. The molecule has 0 fully saturated rings. The molecule has 6 nitrogen and oxygen atoms in total. The summed E-state index contributed by atoms with van der Waals surface area (Å²) in [5.41, 5.74) is 7.40. The molecule has 0 spiro atoms. The lowest BCUT2D eigenvalue weighted by Gasteiger charge is -2.24. The number of rotatable bonds is 8. The predicted octanol–water partition coefficient (Wildman–Crippen LogP) is 1.04. The number of hydrogen-bond acceptors (Lipinski definition) is 5. The highest BCUT2D eigenvalue weighted by Crippen LogP contribution is 2.27. The first-order valence-corrected chi connectivity index (χ1v) is 8.48. The van der Waals surface area contributed by atoms with Crippen molar-refractivity contribution < 1.29 is 13.2 Å². The molecule has 0 aliphatic carbocycles. The second kappa shape index (κ2) is 7.35. The van der Waals surface area contributed by atoms with Gasteiger partial charge in [-0.15, -0.1) is 0 Å². The van der Waals surface area contributed by atoms with E-state index in [0.29, 0.717) is 31.1 Å². The van der Waals surface area contributed by atoms with Gasteiger partial charge in [-0.1, -0.05) is 0 Å². The van der Waals surface area contributed by atoms with Crippen LogP contribution in [0.15, 0.2) is 18.2 Å². The SMILES string of the molecule is CCOc1cc(N(CC)CCNS(C)(=O)=O)ccc1N. The minimum atomic E-state index is -3.16. The molecule has 7 heteroatoms. The Hall–Kier alpha value is -1.47. The van der Waals surface area contributed by atoms with Gasteiger partial charge in [0.2, 0.25) is 10.0 Å². The summed E-state index contributed by atoms with van der Waals surface area (Å²) in [5, 5.41) is 0. The van der Waals surface area contributed by atoms with Gasteiger partial charge in [-0.3, -0.25) is 0 Å². The molecule has 0 saturated heterocycles. The van der Waals surface area contributed by atoms with Gasteiger partial charge >= 0.3 is 0 Å². The van der Waals surface area contributed by atoms with Crippen molar-refractivity contribution >= 4 is 21.4 Å². The molecule has 0 aromatic heterocycles. The highest BCUT2D eigenvalue weighted by Gasteiger charge is 2.09. The topological polar surface area (TPSA) is 84.7 Å². The maximum atomic E-state index is 11.1. The number of nitrogens with zero attached hydrogens (tertiary/aromatic N) is 1. The van der Waals surface area contributed by atoms with Crippen LogP contribution in [0, 0.1) is 0 Å². The average Bonchev–Trinajstić information content (AvgIpc) is 2.37. The number of ether oxygens (including phenoxy) is 1. The molecule has 114 valence electrons. The van der Waals surface area contributed by atoms with E-state index in [-0.39, 0.29) is 0 Å². The Labute approximate surface area is 121 Å². The summed E-state index contributed by atoms with van der Waals surface area (Å²) in [6.45, 7) is 6.17. The van der Waals surface area contributed by atoms with Gasteiger partial charge < -0.3 is 15.4 Å². The molecule has 1 rings (SSSR count). The molecule has 0 radical (unpaired) electrons. The van der Waals surface area contributed by atoms with Crippen molar-refractivity contribution in [3.05, 3.63) is 18.2 Å². The molecule has 0 atom stereocenters. The fraction of sp³-hybridized carbons (Fsp3) is 0.538. The van der Waals surface area contributed by atoms with Gasteiger partial charge in [-0.2, -0.15) is 0 Å². The van der Waals surface area contributed by atoms with Crippen LogP contribution < -0.4 is 20.1 Å². The van der Waals surface area contributed by atoms with Gasteiger partial charge in [0.25, 0.3) is 0 Å². The van der Waals surface area contributed by atoms with Gasteiger partial charge in [0.15, 0.2) is 0 Å². The van der Waals surface area contributed by atoms with Crippen molar-refractivity contribution in [1.29, 1.82) is 0 Å². The first-order chi connectivity index (χ1) is 9.37. The lowest BCUT2D eigenvalue weighted by atomic mass is 10.2. The van der Waals surface area contributed by atoms with E-state index in [4.69, 9.17) is 10.5 Å². The normalized spacial score (nSPS) is 11.3. The third kappa shape index (κ3) is 5.26. The summed E-state index contributed by atoms with van der Waals surface area (Å²) in [7, 11) is -3.16. The summed E-state index contributed by atoms with van der Waals surface area (Å²) < 4.78 is 30.1. The highest BCUT2D eigenvalue weighted by molar-refractivity contribution is 7.88. The average molecular weight is 301 g/mol. The summed E-state index contributed by atoms with van der Waals surface area (Å²) in [6.07, 6.45) is 1.15. The molecular formula is C13H23N3O3S. The maximum absolute atomic E-state index is 11.1. The van der Waals surface area contributed by atoms with Crippen molar-refractivity contribution in [2.24, 2.45) is 0 Å². The largest absolute Gasteiger partial charge is 0.492 e. The van der Waals surface area contributed by atoms with E-state index < -0.39 is 10.0 Å². The van der Waals surface area contributed by atoms with Crippen molar-refractivity contribution in [2.45, 2.75) is 13.8 Å². The van der Waals surface area contributed by atoms with Gasteiger partial charge in [0.05, 0.1) is 18.6 Å². The predicted molar refractivity (Wildman–Crippen MR) is 82.8 cm³/mol. The van der Waals surface area contributed by atoms with Crippen molar-refractivity contribution in [2.75, 3.05) is 43.1 Å². The fourth-order valence-electron chi connectivity index (χ4n) is 1.84. The minimum absolute atomic E-state index is 0.362.